The second-order valence-corrected chi connectivity index (χ2v) is 6.44. The van der Waals surface area contributed by atoms with Crippen molar-refractivity contribution in [3.05, 3.63) is 29.3 Å². The molecule has 1 heterocycles. The van der Waals surface area contributed by atoms with Gasteiger partial charge in [-0.2, -0.15) is 11.8 Å². The lowest BCUT2D eigenvalue weighted by Crippen LogP contribution is -2.38. The van der Waals surface area contributed by atoms with E-state index in [0.29, 0.717) is 23.9 Å². The Morgan fingerprint density at radius 2 is 2.00 bits per heavy atom. The van der Waals surface area contributed by atoms with Crippen LogP contribution in [0.5, 0.6) is 0 Å². The highest BCUT2D eigenvalue weighted by atomic mass is 32.2. The largest absolute Gasteiger partial charge is 0.365 e. The van der Waals surface area contributed by atoms with Gasteiger partial charge in [0.25, 0.3) is 0 Å². The molecule has 0 bridgehead atoms. The molecule has 1 fully saturated rings. The highest BCUT2D eigenvalue weighted by Gasteiger charge is 2.24. The summed E-state index contributed by atoms with van der Waals surface area (Å²) >= 11 is 1.89. The molecule has 1 aromatic carbocycles. The first-order valence-corrected chi connectivity index (χ1v) is 8.25. The maximum atomic E-state index is 14.2. The van der Waals surface area contributed by atoms with Crippen LogP contribution in [0.2, 0.25) is 0 Å². The lowest BCUT2D eigenvalue weighted by molar-refractivity contribution is 0.562. The number of halogens is 2. The van der Waals surface area contributed by atoms with E-state index in [2.05, 4.69) is 12.2 Å². The zero-order chi connectivity index (χ0) is 14.5. The van der Waals surface area contributed by atoms with Gasteiger partial charge in [0.2, 0.25) is 0 Å². The van der Waals surface area contributed by atoms with Gasteiger partial charge in [0.15, 0.2) is 0 Å². The fourth-order valence-electron chi connectivity index (χ4n) is 2.46. The second kappa shape index (κ2) is 7.27. The van der Waals surface area contributed by atoms with Crippen LogP contribution in [0.25, 0.3) is 0 Å². The van der Waals surface area contributed by atoms with Crippen molar-refractivity contribution in [3.8, 4) is 0 Å². The first-order chi connectivity index (χ1) is 9.65. The van der Waals surface area contributed by atoms with Crippen LogP contribution < -0.4 is 10.2 Å². The molecule has 1 aromatic rings. The third-order valence-corrected chi connectivity index (χ3v) is 4.94. The Morgan fingerprint density at radius 3 is 2.60 bits per heavy atom. The van der Waals surface area contributed by atoms with E-state index in [1.54, 1.807) is 0 Å². The molecule has 1 N–H and O–H groups in total. The molecule has 2 rings (SSSR count). The van der Waals surface area contributed by atoms with Crippen LogP contribution in [-0.4, -0.2) is 30.6 Å². The first kappa shape index (κ1) is 15.6. The summed E-state index contributed by atoms with van der Waals surface area (Å²) in [4.78, 5) is 1.85. The Kier molecular flexibility index (Phi) is 5.66. The molecule has 0 radical (unpaired) electrons. The monoisotopic (exact) mass is 300 g/mol. The van der Waals surface area contributed by atoms with Crippen LogP contribution in [-0.2, 0) is 6.54 Å². The SMILES string of the molecule is CCNCc1cc(F)c(N2CCSC(CC)C2)c(F)c1. The topological polar surface area (TPSA) is 15.3 Å². The Hall–Kier alpha value is -0.810. The van der Waals surface area contributed by atoms with Crippen LogP contribution in [0.4, 0.5) is 14.5 Å². The van der Waals surface area contributed by atoms with E-state index in [4.69, 9.17) is 0 Å². The summed E-state index contributed by atoms with van der Waals surface area (Å²) in [5.74, 6) is 0.0376. The molecule has 2 nitrogen and oxygen atoms in total. The van der Waals surface area contributed by atoms with Crippen LogP contribution >= 0.6 is 11.8 Å². The van der Waals surface area contributed by atoms with Gasteiger partial charge in [-0.05, 0) is 30.7 Å². The maximum absolute atomic E-state index is 14.2. The normalized spacial score (nSPS) is 19.4. The third-order valence-electron chi connectivity index (χ3n) is 3.57. The average Bonchev–Trinajstić information content (AvgIpc) is 2.44. The van der Waals surface area contributed by atoms with Crippen molar-refractivity contribution in [1.82, 2.24) is 5.32 Å². The van der Waals surface area contributed by atoms with E-state index in [-0.39, 0.29) is 5.69 Å². The predicted octanol–water partition coefficient (Wildman–Crippen LogP) is 3.41. The average molecular weight is 300 g/mol. The highest BCUT2D eigenvalue weighted by molar-refractivity contribution is 8.00. The molecule has 1 aliphatic heterocycles. The molecule has 0 amide bonds. The Bertz CT molecular complexity index is 430. The van der Waals surface area contributed by atoms with E-state index in [9.17, 15) is 8.78 Å². The summed E-state index contributed by atoms with van der Waals surface area (Å²) in [7, 11) is 0. The van der Waals surface area contributed by atoms with Gasteiger partial charge < -0.3 is 10.2 Å². The van der Waals surface area contributed by atoms with E-state index in [0.717, 1.165) is 25.3 Å². The predicted molar refractivity (Wildman–Crippen MR) is 82.5 cm³/mol. The minimum Gasteiger partial charge on any atom is -0.365 e. The van der Waals surface area contributed by atoms with Gasteiger partial charge in [0.1, 0.15) is 17.3 Å². The first-order valence-electron chi connectivity index (χ1n) is 7.20. The highest BCUT2D eigenvalue weighted by Crippen LogP contribution is 2.30. The molecule has 20 heavy (non-hydrogen) atoms. The van der Waals surface area contributed by atoms with Gasteiger partial charge in [0.05, 0.1) is 0 Å². The third kappa shape index (κ3) is 3.64. The molecule has 1 aliphatic rings. The number of thioether (sulfide) groups is 1. The zero-order valence-electron chi connectivity index (χ0n) is 12.1. The van der Waals surface area contributed by atoms with E-state index < -0.39 is 11.6 Å². The lowest BCUT2D eigenvalue weighted by Gasteiger charge is -2.34. The number of rotatable bonds is 5. The number of hydrogen-bond donors (Lipinski definition) is 1. The molecule has 1 atom stereocenters. The van der Waals surface area contributed by atoms with Crippen molar-refractivity contribution in [2.24, 2.45) is 0 Å². The van der Waals surface area contributed by atoms with Crippen molar-refractivity contribution in [2.75, 3.05) is 30.3 Å². The smallest absolute Gasteiger partial charge is 0.149 e. The number of hydrogen-bond acceptors (Lipinski definition) is 3. The summed E-state index contributed by atoms with van der Waals surface area (Å²) < 4.78 is 28.5. The van der Waals surface area contributed by atoms with Crippen LogP contribution in [0.1, 0.15) is 25.8 Å². The molecule has 112 valence electrons. The van der Waals surface area contributed by atoms with Crippen LogP contribution in [0.3, 0.4) is 0 Å². The summed E-state index contributed by atoms with van der Waals surface area (Å²) in [5.41, 5.74) is 0.799. The molecule has 1 unspecified atom stereocenters. The molecule has 1 saturated heterocycles. The molecule has 0 saturated carbocycles. The lowest BCUT2D eigenvalue weighted by atomic mass is 10.1. The fraction of sp³-hybridized carbons (Fsp3) is 0.600. The Labute approximate surface area is 123 Å². The Balaban J connectivity index is 2.19. The standard InChI is InChI=1S/C15H22F2N2S/c1-3-12-10-19(5-6-20-12)15-13(16)7-11(8-14(15)17)9-18-4-2/h7-8,12,18H,3-6,9-10H2,1-2H3. The number of nitrogens with zero attached hydrogens (tertiary/aromatic N) is 1. The Morgan fingerprint density at radius 1 is 1.30 bits per heavy atom. The summed E-state index contributed by atoms with van der Waals surface area (Å²) in [6, 6.07) is 2.90. The van der Waals surface area contributed by atoms with E-state index in [1.807, 2.05) is 23.6 Å². The summed E-state index contributed by atoms with van der Waals surface area (Å²) in [6.45, 7) is 6.80. The minimum absolute atomic E-state index is 0.143. The van der Waals surface area contributed by atoms with Crippen molar-refractivity contribution >= 4 is 17.4 Å². The van der Waals surface area contributed by atoms with Crippen molar-refractivity contribution in [1.29, 1.82) is 0 Å². The van der Waals surface area contributed by atoms with Gasteiger partial charge in [-0.3, -0.25) is 0 Å². The summed E-state index contributed by atoms with van der Waals surface area (Å²) in [5, 5.41) is 3.55. The van der Waals surface area contributed by atoms with Gasteiger partial charge in [-0.25, -0.2) is 8.78 Å². The molecular formula is C15H22F2N2S. The van der Waals surface area contributed by atoms with E-state index >= 15 is 0 Å². The number of anilines is 1. The number of nitrogens with one attached hydrogen (secondary N) is 1. The minimum atomic E-state index is -0.445. The van der Waals surface area contributed by atoms with Crippen LogP contribution in [0, 0.1) is 11.6 Å². The second-order valence-electron chi connectivity index (χ2n) is 5.04. The molecule has 0 aromatic heterocycles. The molecular weight excluding hydrogens is 278 g/mol. The maximum Gasteiger partial charge on any atom is 0.149 e. The van der Waals surface area contributed by atoms with Crippen molar-refractivity contribution in [3.63, 3.8) is 0 Å². The van der Waals surface area contributed by atoms with Gasteiger partial charge >= 0.3 is 0 Å². The van der Waals surface area contributed by atoms with Crippen molar-refractivity contribution < 1.29 is 8.78 Å². The molecule has 0 spiro atoms. The van der Waals surface area contributed by atoms with Crippen LogP contribution in [0.15, 0.2) is 12.1 Å². The molecule has 0 aliphatic carbocycles. The van der Waals surface area contributed by atoms with E-state index in [1.165, 1.54) is 12.1 Å². The van der Waals surface area contributed by atoms with Gasteiger partial charge in [0, 0.05) is 30.6 Å². The quantitative estimate of drug-likeness (QED) is 0.897. The van der Waals surface area contributed by atoms with Crippen molar-refractivity contribution in [2.45, 2.75) is 32.1 Å². The summed E-state index contributed by atoms with van der Waals surface area (Å²) in [6.07, 6.45) is 1.03. The molecule has 5 heteroatoms. The van der Waals surface area contributed by atoms with Gasteiger partial charge in [-0.1, -0.05) is 13.8 Å². The van der Waals surface area contributed by atoms with Gasteiger partial charge in [-0.15, -0.1) is 0 Å². The number of benzene rings is 1. The fourth-order valence-corrected chi connectivity index (χ4v) is 3.64. The zero-order valence-corrected chi connectivity index (χ0v) is 12.9.